The molecule has 8 nitrogen and oxygen atoms in total. The Morgan fingerprint density at radius 3 is 2.72 bits per heavy atom. The van der Waals surface area contributed by atoms with Gasteiger partial charge in [-0.05, 0) is 13.8 Å². The molecule has 0 aliphatic rings. The van der Waals surface area contributed by atoms with Gasteiger partial charge in [-0.15, -0.1) is 0 Å². The summed E-state index contributed by atoms with van der Waals surface area (Å²) in [6, 6.07) is 0. The van der Waals surface area contributed by atoms with E-state index in [4.69, 9.17) is 9.47 Å². The van der Waals surface area contributed by atoms with Gasteiger partial charge in [-0.1, -0.05) is 0 Å². The van der Waals surface area contributed by atoms with Crippen LogP contribution in [0.3, 0.4) is 0 Å². The number of anilines is 1. The van der Waals surface area contributed by atoms with Crippen LogP contribution in [0.4, 0.5) is 11.5 Å². The van der Waals surface area contributed by atoms with Crippen LogP contribution in [-0.2, 0) is 4.74 Å². The van der Waals surface area contributed by atoms with E-state index in [1.807, 2.05) is 0 Å². The zero-order valence-corrected chi connectivity index (χ0v) is 10.6. The molecule has 0 saturated heterocycles. The monoisotopic (exact) mass is 256 g/mol. The Hall–Kier alpha value is -1.96. The Balaban J connectivity index is 3.08. The number of nitrogens with one attached hydrogen (secondary N) is 1. The van der Waals surface area contributed by atoms with Crippen molar-refractivity contribution in [2.24, 2.45) is 0 Å². The van der Waals surface area contributed by atoms with Crippen molar-refractivity contribution in [2.75, 3.05) is 32.2 Å². The molecule has 1 rings (SSSR count). The maximum atomic E-state index is 11.0. The van der Waals surface area contributed by atoms with Crippen LogP contribution in [0, 0.1) is 17.0 Å². The van der Waals surface area contributed by atoms with Crippen LogP contribution in [0.5, 0.6) is 5.88 Å². The molecule has 0 aliphatic carbocycles. The lowest BCUT2D eigenvalue weighted by molar-refractivity contribution is -0.385. The third kappa shape index (κ3) is 3.52. The predicted octanol–water partition coefficient (Wildman–Crippen LogP) is 1.15. The minimum atomic E-state index is -0.556. The first-order chi connectivity index (χ1) is 8.60. The van der Waals surface area contributed by atoms with E-state index in [0.29, 0.717) is 25.6 Å². The molecule has 0 saturated carbocycles. The molecule has 0 spiro atoms. The molecule has 1 aromatic heterocycles. The van der Waals surface area contributed by atoms with E-state index >= 15 is 0 Å². The molecular weight excluding hydrogens is 240 g/mol. The highest BCUT2D eigenvalue weighted by atomic mass is 16.6. The second kappa shape index (κ2) is 6.70. The van der Waals surface area contributed by atoms with Crippen molar-refractivity contribution in [1.82, 2.24) is 9.97 Å². The Morgan fingerprint density at radius 2 is 2.17 bits per heavy atom. The van der Waals surface area contributed by atoms with Crippen molar-refractivity contribution < 1.29 is 14.4 Å². The number of hydrogen-bond acceptors (Lipinski definition) is 7. The lowest BCUT2D eigenvalue weighted by Gasteiger charge is -2.09. The van der Waals surface area contributed by atoms with Crippen LogP contribution in [0.2, 0.25) is 0 Å². The maximum absolute atomic E-state index is 11.0. The molecule has 0 radical (unpaired) electrons. The molecule has 100 valence electrons. The fourth-order valence-electron chi connectivity index (χ4n) is 1.34. The number of aryl methyl sites for hydroxylation is 1. The summed E-state index contributed by atoms with van der Waals surface area (Å²) in [5.74, 6) is 0.534. The molecule has 0 bridgehead atoms. The van der Waals surface area contributed by atoms with Gasteiger partial charge in [0.1, 0.15) is 5.82 Å². The molecule has 0 atom stereocenters. The van der Waals surface area contributed by atoms with E-state index in [0.717, 1.165) is 0 Å². The number of aromatic nitrogens is 2. The summed E-state index contributed by atoms with van der Waals surface area (Å²) in [6.45, 7) is 4.52. The minimum Gasteiger partial charge on any atom is -0.473 e. The Morgan fingerprint density at radius 1 is 1.44 bits per heavy atom. The van der Waals surface area contributed by atoms with Gasteiger partial charge in [-0.25, -0.2) is 4.98 Å². The first-order valence-corrected chi connectivity index (χ1v) is 5.48. The summed E-state index contributed by atoms with van der Waals surface area (Å²) in [6.07, 6.45) is 0. The van der Waals surface area contributed by atoms with Crippen LogP contribution in [0.1, 0.15) is 12.7 Å². The fraction of sp³-hybridized carbons (Fsp3) is 0.600. The standard InChI is InChI=1S/C10H16N4O4/c1-4-18-10-8(14(15)16)9(11-5-6-17-3)12-7(2)13-10/h4-6H2,1-3H3,(H,11,12,13). The van der Waals surface area contributed by atoms with Gasteiger partial charge in [0.15, 0.2) is 0 Å². The van der Waals surface area contributed by atoms with Crippen LogP contribution >= 0.6 is 0 Å². The lowest BCUT2D eigenvalue weighted by Crippen LogP contribution is -2.13. The van der Waals surface area contributed by atoms with Gasteiger partial charge in [-0.3, -0.25) is 10.1 Å². The summed E-state index contributed by atoms with van der Waals surface area (Å²) in [5, 5.41) is 13.9. The minimum absolute atomic E-state index is 0.0186. The summed E-state index contributed by atoms with van der Waals surface area (Å²) in [7, 11) is 1.55. The van der Waals surface area contributed by atoms with E-state index in [9.17, 15) is 10.1 Å². The number of nitrogens with zero attached hydrogens (tertiary/aromatic N) is 3. The van der Waals surface area contributed by atoms with E-state index in [-0.39, 0.29) is 17.4 Å². The third-order valence-electron chi connectivity index (χ3n) is 2.03. The Kier molecular flexibility index (Phi) is 5.25. The van der Waals surface area contributed by atoms with Crippen LogP contribution in [0.25, 0.3) is 0 Å². The van der Waals surface area contributed by atoms with E-state index < -0.39 is 4.92 Å². The number of methoxy groups -OCH3 is 1. The van der Waals surface area contributed by atoms with Gasteiger partial charge in [-0.2, -0.15) is 4.98 Å². The summed E-state index contributed by atoms with van der Waals surface area (Å²) in [4.78, 5) is 18.4. The van der Waals surface area contributed by atoms with Crippen molar-refractivity contribution in [3.63, 3.8) is 0 Å². The van der Waals surface area contributed by atoms with E-state index in [2.05, 4.69) is 15.3 Å². The highest BCUT2D eigenvalue weighted by Crippen LogP contribution is 2.31. The summed E-state index contributed by atoms with van der Waals surface area (Å²) in [5.41, 5.74) is -0.251. The van der Waals surface area contributed by atoms with Crippen molar-refractivity contribution in [1.29, 1.82) is 0 Å². The number of hydrogen-bond donors (Lipinski definition) is 1. The van der Waals surface area contributed by atoms with E-state index in [1.165, 1.54) is 0 Å². The number of rotatable bonds is 7. The first kappa shape index (κ1) is 14.1. The molecule has 0 unspecified atom stereocenters. The second-order valence-corrected chi connectivity index (χ2v) is 3.38. The molecule has 8 heteroatoms. The van der Waals surface area contributed by atoms with E-state index in [1.54, 1.807) is 21.0 Å². The largest absolute Gasteiger partial charge is 0.473 e. The van der Waals surface area contributed by atoms with Crippen LogP contribution in [0.15, 0.2) is 0 Å². The molecular formula is C10H16N4O4. The number of nitro groups is 1. The predicted molar refractivity (Wildman–Crippen MR) is 65.0 cm³/mol. The highest BCUT2D eigenvalue weighted by Gasteiger charge is 2.25. The molecule has 0 aliphatic heterocycles. The fourth-order valence-corrected chi connectivity index (χ4v) is 1.34. The molecule has 0 aromatic carbocycles. The maximum Gasteiger partial charge on any atom is 0.372 e. The molecule has 18 heavy (non-hydrogen) atoms. The summed E-state index contributed by atoms with van der Waals surface area (Å²) < 4.78 is 10.0. The second-order valence-electron chi connectivity index (χ2n) is 3.38. The van der Waals surface area contributed by atoms with Crippen molar-refractivity contribution in [2.45, 2.75) is 13.8 Å². The average molecular weight is 256 g/mol. The molecule has 1 aromatic rings. The molecule has 1 N–H and O–H groups in total. The van der Waals surface area contributed by atoms with Crippen molar-refractivity contribution >= 4 is 11.5 Å². The van der Waals surface area contributed by atoms with Crippen molar-refractivity contribution in [3.05, 3.63) is 15.9 Å². The molecule has 0 amide bonds. The zero-order valence-electron chi connectivity index (χ0n) is 10.6. The zero-order chi connectivity index (χ0) is 13.5. The average Bonchev–Trinajstić information content (AvgIpc) is 2.28. The first-order valence-electron chi connectivity index (χ1n) is 5.48. The normalized spacial score (nSPS) is 10.2. The lowest BCUT2D eigenvalue weighted by atomic mass is 10.4. The van der Waals surface area contributed by atoms with Gasteiger partial charge in [0.05, 0.1) is 18.1 Å². The number of ether oxygens (including phenoxy) is 2. The van der Waals surface area contributed by atoms with Gasteiger partial charge in [0.25, 0.3) is 5.88 Å². The smallest absolute Gasteiger partial charge is 0.372 e. The quantitative estimate of drug-likeness (QED) is 0.443. The Labute approximate surface area is 104 Å². The SMILES string of the molecule is CCOc1nc(C)nc(NCCOC)c1[N+](=O)[O-]. The topological polar surface area (TPSA) is 99.4 Å². The highest BCUT2D eigenvalue weighted by molar-refractivity contribution is 5.61. The van der Waals surface area contributed by atoms with Gasteiger partial charge in [0, 0.05) is 13.7 Å². The Bertz CT molecular complexity index is 425. The van der Waals surface area contributed by atoms with Crippen molar-refractivity contribution in [3.8, 4) is 5.88 Å². The third-order valence-corrected chi connectivity index (χ3v) is 2.03. The van der Waals surface area contributed by atoms with Gasteiger partial charge >= 0.3 is 5.69 Å². The summed E-state index contributed by atoms with van der Waals surface area (Å²) >= 11 is 0. The van der Waals surface area contributed by atoms with Crippen LogP contribution in [-0.4, -0.2) is 41.8 Å². The molecule has 0 fully saturated rings. The van der Waals surface area contributed by atoms with Crippen LogP contribution < -0.4 is 10.1 Å². The van der Waals surface area contributed by atoms with Gasteiger partial charge in [0.2, 0.25) is 5.82 Å². The van der Waals surface area contributed by atoms with Gasteiger partial charge < -0.3 is 14.8 Å². The molecule has 1 heterocycles.